The minimum atomic E-state index is -4.53. The van der Waals surface area contributed by atoms with Crippen LogP contribution in [0.15, 0.2) is 30.5 Å². The molecule has 3 rings (SSSR count). The first-order valence-corrected chi connectivity index (χ1v) is 9.57. The highest BCUT2D eigenvalue weighted by Crippen LogP contribution is 2.34. The number of hydrogen-bond acceptors (Lipinski definition) is 6. The topological polar surface area (TPSA) is 88.8 Å². The Morgan fingerprint density at radius 3 is 2.52 bits per heavy atom. The summed E-state index contributed by atoms with van der Waals surface area (Å²) in [6.45, 7) is 2.51. The van der Waals surface area contributed by atoms with Crippen molar-refractivity contribution in [2.45, 2.75) is 13.1 Å². The van der Waals surface area contributed by atoms with E-state index in [4.69, 9.17) is 16.3 Å². The molecule has 2 heterocycles. The Morgan fingerprint density at radius 1 is 1.26 bits per heavy atom. The summed E-state index contributed by atoms with van der Waals surface area (Å²) in [5.74, 6) is -0.141. The maximum absolute atomic E-state index is 12.8. The van der Waals surface area contributed by atoms with E-state index in [1.165, 1.54) is 17.0 Å². The van der Waals surface area contributed by atoms with Crippen LogP contribution in [0.3, 0.4) is 0 Å². The molecule has 0 unspecified atom stereocenters. The number of ether oxygens (including phenoxy) is 1. The van der Waals surface area contributed by atoms with E-state index >= 15 is 0 Å². The molecule has 31 heavy (non-hydrogen) atoms. The van der Waals surface area contributed by atoms with E-state index < -0.39 is 16.7 Å². The molecule has 0 atom stereocenters. The van der Waals surface area contributed by atoms with E-state index in [2.05, 4.69) is 4.98 Å². The lowest BCUT2D eigenvalue weighted by molar-refractivity contribution is -0.385. The lowest BCUT2D eigenvalue weighted by Crippen LogP contribution is -2.50. The van der Waals surface area contributed by atoms with Gasteiger partial charge in [0.15, 0.2) is 12.4 Å². The first-order valence-electron chi connectivity index (χ1n) is 9.19. The number of aryl methyl sites for hydroxylation is 1. The van der Waals surface area contributed by atoms with Gasteiger partial charge >= 0.3 is 11.9 Å². The number of halogens is 4. The molecule has 1 aliphatic rings. The monoisotopic (exact) mass is 458 g/mol. The lowest BCUT2D eigenvalue weighted by atomic mass is 10.2. The van der Waals surface area contributed by atoms with Crippen LogP contribution in [0.4, 0.5) is 24.7 Å². The summed E-state index contributed by atoms with van der Waals surface area (Å²) >= 11 is 5.98. The molecule has 1 aliphatic heterocycles. The van der Waals surface area contributed by atoms with Crippen LogP contribution in [0.2, 0.25) is 5.02 Å². The Balaban J connectivity index is 1.58. The van der Waals surface area contributed by atoms with Gasteiger partial charge in [-0.2, -0.15) is 13.2 Å². The number of anilines is 1. The zero-order chi connectivity index (χ0) is 22.8. The molecule has 0 N–H and O–H groups in total. The van der Waals surface area contributed by atoms with Crippen molar-refractivity contribution in [1.29, 1.82) is 0 Å². The largest absolute Gasteiger partial charge is 0.477 e. The van der Waals surface area contributed by atoms with Crippen LogP contribution in [0, 0.1) is 17.0 Å². The summed E-state index contributed by atoms with van der Waals surface area (Å²) in [6.07, 6.45) is -3.81. The summed E-state index contributed by atoms with van der Waals surface area (Å²) in [5.41, 5.74) is -0.463. The Morgan fingerprint density at radius 2 is 1.94 bits per heavy atom. The highest BCUT2D eigenvalue weighted by Gasteiger charge is 2.32. The predicted octanol–water partition coefficient (Wildman–Crippen LogP) is 3.70. The molecule has 0 aliphatic carbocycles. The van der Waals surface area contributed by atoms with Gasteiger partial charge in [0.1, 0.15) is 5.82 Å². The Bertz CT molecular complexity index is 995. The third-order valence-electron chi connectivity index (χ3n) is 4.74. The van der Waals surface area contributed by atoms with E-state index in [1.54, 1.807) is 17.9 Å². The number of carbonyl (C=O) groups excluding carboxylic acids is 1. The van der Waals surface area contributed by atoms with Gasteiger partial charge < -0.3 is 14.5 Å². The zero-order valence-corrected chi connectivity index (χ0v) is 17.1. The van der Waals surface area contributed by atoms with Crippen LogP contribution in [0.25, 0.3) is 0 Å². The van der Waals surface area contributed by atoms with Gasteiger partial charge in [0.2, 0.25) is 0 Å². The van der Waals surface area contributed by atoms with Crippen LogP contribution in [-0.2, 0) is 11.0 Å². The van der Waals surface area contributed by atoms with Gasteiger partial charge in [0.05, 0.1) is 15.5 Å². The quantitative estimate of drug-likeness (QED) is 0.501. The first kappa shape index (κ1) is 22.6. The highest BCUT2D eigenvalue weighted by molar-refractivity contribution is 6.33. The Kier molecular flexibility index (Phi) is 6.54. The van der Waals surface area contributed by atoms with E-state index in [-0.39, 0.29) is 47.9 Å². The lowest BCUT2D eigenvalue weighted by Gasteiger charge is -2.35. The van der Waals surface area contributed by atoms with Crippen molar-refractivity contribution in [3.8, 4) is 5.75 Å². The number of aromatic nitrogens is 1. The molecule has 8 nitrogen and oxygen atoms in total. The minimum Gasteiger partial charge on any atom is -0.477 e. The van der Waals surface area contributed by atoms with Gasteiger partial charge in [0.25, 0.3) is 5.91 Å². The molecule has 0 bridgehead atoms. The number of nitro benzene ring substituents is 1. The Hall–Kier alpha value is -3.08. The number of amides is 1. The molecule has 1 aromatic heterocycles. The van der Waals surface area contributed by atoms with E-state index in [1.807, 2.05) is 0 Å². The van der Waals surface area contributed by atoms with E-state index in [0.717, 1.165) is 12.3 Å². The van der Waals surface area contributed by atoms with Crippen molar-refractivity contribution >= 4 is 29.0 Å². The molecule has 1 aromatic carbocycles. The number of piperazine rings is 1. The van der Waals surface area contributed by atoms with Gasteiger partial charge in [-0.25, -0.2) is 4.98 Å². The molecule has 1 saturated heterocycles. The summed E-state index contributed by atoms with van der Waals surface area (Å²) in [6, 6.07) is 5.27. The molecule has 1 fully saturated rings. The Labute approximate surface area is 180 Å². The summed E-state index contributed by atoms with van der Waals surface area (Å²) in [4.78, 5) is 30.0. The molecule has 1 amide bonds. The van der Waals surface area contributed by atoms with Gasteiger partial charge in [0, 0.05) is 38.4 Å². The average Bonchev–Trinajstić information content (AvgIpc) is 2.72. The number of rotatable bonds is 5. The minimum absolute atomic E-state index is 0.00308. The van der Waals surface area contributed by atoms with Crippen molar-refractivity contribution in [2.24, 2.45) is 0 Å². The maximum atomic E-state index is 12.8. The summed E-state index contributed by atoms with van der Waals surface area (Å²) < 4.78 is 43.6. The van der Waals surface area contributed by atoms with Gasteiger partial charge in [-0.1, -0.05) is 17.7 Å². The van der Waals surface area contributed by atoms with Crippen LogP contribution < -0.4 is 9.64 Å². The fourth-order valence-corrected chi connectivity index (χ4v) is 3.39. The fraction of sp³-hybridized carbons (Fsp3) is 0.368. The average molecular weight is 459 g/mol. The highest BCUT2D eigenvalue weighted by atomic mass is 35.5. The molecule has 0 saturated carbocycles. The van der Waals surface area contributed by atoms with Crippen LogP contribution >= 0.6 is 11.6 Å². The number of carbonyl (C=O) groups is 1. The van der Waals surface area contributed by atoms with Gasteiger partial charge in [-0.15, -0.1) is 0 Å². The number of nitro groups is 1. The summed E-state index contributed by atoms with van der Waals surface area (Å²) in [7, 11) is 0. The standard InChI is InChI=1S/C19H18ClF3N4O4/c1-12-2-3-16(15(8-12)27(29)30)31-11-17(28)25-4-6-26(7-5-25)18-14(20)9-13(10-24-18)19(21,22)23/h2-3,8-10H,4-7,11H2,1H3. The second-order valence-electron chi connectivity index (χ2n) is 6.91. The first-order chi connectivity index (χ1) is 14.6. The molecule has 0 spiro atoms. The molecule has 12 heteroatoms. The molecular weight excluding hydrogens is 441 g/mol. The van der Waals surface area contributed by atoms with Crippen molar-refractivity contribution in [1.82, 2.24) is 9.88 Å². The predicted molar refractivity (Wildman–Crippen MR) is 106 cm³/mol. The number of nitrogens with zero attached hydrogens (tertiary/aromatic N) is 4. The number of benzene rings is 1. The van der Waals surface area contributed by atoms with Crippen LogP contribution in [0.1, 0.15) is 11.1 Å². The van der Waals surface area contributed by atoms with Gasteiger partial charge in [-0.05, 0) is 24.6 Å². The third kappa shape index (κ3) is 5.35. The number of pyridine rings is 1. The van der Waals surface area contributed by atoms with Crippen LogP contribution in [-0.4, -0.2) is 53.5 Å². The zero-order valence-electron chi connectivity index (χ0n) is 16.4. The van der Waals surface area contributed by atoms with Crippen molar-refractivity contribution in [2.75, 3.05) is 37.7 Å². The molecular formula is C19H18ClF3N4O4. The molecule has 0 radical (unpaired) electrons. The molecule has 166 valence electrons. The van der Waals surface area contributed by atoms with Crippen molar-refractivity contribution < 1.29 is 27.6 Å². The second-order valence-corrected chi connectivity index (χ2v) is 7.32. The SMILES string of the molecule is Cc1ccc(OCC(=O)N2CCN(c3ncc(C(F)(F)F)cc3Cl)CC2)c([N+](=O)[O-])c1. The van der Waals surface area contributed by atoms with E-state index in [9.17, 15) is 28.1 Å². The number of hydrogen-bond donors (Lipinski definition) is 0. The third-order valence-corrected chi connectivity index (χ3v) is 5.02. The maximum Gasteiger partial charge on any atom is 0.417 e. The smallest absolute Gasteiger partial charge is 0.417 e. The van der Waals surface area contributed by atoms with Crippen molar-refractivity contribution in [3.05, 3.63) is 56.7 Å². The van der Waals surface area contributed by atoms with Crippen molar-refractivity contribution in [3.63, 3.8) is 0 Å². The van der Waals surface area contributed by atoms with E-state index in [0.29, 0.717) is 18.7 Å². The van der Waals surface area contributed by atoms with Crippen LogP contribution in [0.5, 0.6) is 5.75 Å². The molecule has 2 aromatic rings. The fourth-order valence-electron chi connectivity index (χ4n) is 3.11. The number of alkyl halides is 3. The summed E-state index contributed by atoms with van der Waals surface area (Å²) in [5, 5.41) is 11.0. The second kappa shape index (κ2) is 8.96. The van der Waals surface area contributed by atoms with Gasteiger partial charge in [-0.3, -0.25) is 14.9 Å². The normalized spacial score (nSPS) is 14.5.